The van der Waals surface area contributed by atoms with Crippen molar-refractivity contribution in [3.8, 4) is 0 Å². The van der Waals surface area contributed by atoms with Gasteiger partial charge in [0.1, 0.15) is 17.2 Å². The first-order valence-corrected chi connectivity index (χ1v) is 6.26. The summed E-state index contributed by atoms with van der Waals surface area (Å²) in [5, 5.41) is 4.41. The van der Waals surface area contributed by atoms with E-state index in [2.05, 4.69) is 21.4 Å². The standard InChI is InChI=1S/C15H15N3O/c1-10-8-16-9-15(17-10)18-11(2)14-7-12-5-3-4-6-13(12)19-14/h3-9,11H,1-2H3,(H,17,18)/t11-/m1/s1. The van der Waals surface area contributed by atoms with Crippen LogP contribution < -0.4 is 5.32 Å². The van der Waals surface area contributed by atoms with Crippen LogP contribution in [-0.4, -0.2) is 9.97 Å². The normalized spacial score (nSPS) is 12.5. The molecule has 0 aliphatic heterocycles. The van der Waals surface area contributed by atoms with Gasteiger partial charge in [-0.2, -0.15) is 0 Å². The van der Waals surface area contributed by atoms with Gasteiger partial charge in [-0.3, -0.25) is 4.98 Å². The molecular formula is C15H15N3O. The van der Waals surface area contributed by atoms with Crippen molar-refractivity contribution in [2.45, 2.75) is 19.9 Å². The number of fused-ring (bicyclic) bond motifs is 1. The molecule has 0 aliphatic carbocycles. The smallest absolute Gasteiger partial charge is 0.145 e. The number of aryl methyl sites for hydroxylation is 1. The average molecular weight is 253 g/mol. The van der Waals surface area contributed by atoms with Crippen LogP contribution in [0.3, 0.4) is 0 Å². The molecule has 19 heavy (non-hydrogen) atoms. The summed E-state index contributed by atoms with van der Waals surface area (Å²) in [5.41, 5.74) is 1.79. The molecule has 1 N–H and O–H groups in total. The van der Waals surface area contributed by atoms with Crippen molar-refractivity contribution >= 4 is 16.8 Å². The lowest BCUT2D eigenvalue weighted by Gasteiger charge is -2.11. The van der Waals surface area contributed by atoms with Crippen LogP contribution in [0, 0.1) is 6.92 Å². The Balaban J connectivity index is 1.85. The van der Waals surface area contributed by atoms with Crippen LogP contribution in [0.15, 0.2) is 47.1 Å². The Hall–Kier alpha value is -2.36. The summed E-state index contributed by atoms with van der Waals surface area (Å²) in [7, 11) is 0. The molecule has 0 fully saturated rings. The van der Waals surface area contributed by atoms with Crippen molar-refractivity contribution < 1.29 is 4.42 Å². The minimum Gasteiger partial charge on any atom is -0.459 e. The van der Waals surface area contributed by atoms with Gasteiger partial charge in [-0.05, 0) is 26.0 Å². The summed E-state index contributed by atoms with van der Waals surface area (Å²) in [5.74, 6) is 1.65. The molecule has 0 unspecified atom stereocenters. The number of aromatic nitrogens is 2. The summed E-state index contributed by atoms with van der Waals surface area (Å²) >= 11 is 0. The largest absolute Gasteiger partial charge is 0.459 e. The zero-order valence-corrected chi connectivity index (χ0v) is 10.9. The van der Waals surface area contributed by atoms with Gasteiger partial charge in [0.05, 0.1) is 17.9 Å². The molecule has 1 aromatic carbocycles. The minimum atomic E-state index is 0.0449. The first-order valence-electron chi connectivity index (χ1n) is 6.26. The fourth-order valence-corrected chi connectivity index (χ4v) is 2.04. The highest BCUT2D eigenvalue weighted by Gasteiger charge is 2.11. The Kier molecular flexibility index (Phi) is 2.91. The number of nitrogens with zero attached hydrogens (tertiary/aromatic N) is 2. The van der Waals surface area contributed by atoms with Crippen LogP contribution in [0.25, 0.3) is 11.0 Å². The zero-order chi connectivity index (χ0) is 13.2. The third-order valence-corrected chi connectivity index (χ3v) is 2.99. The zero-order valence-electron chi connectivity index (χ0n) is 10.9. The second kappa shape index (κ2) is 4.72. The minimum absolute atomic E-state index is 0.0449. The van der Waals surface area contributed by atoms with E-state index in [0.717, 1.165) is 28.2 Å². The highest BCUT2D eigenvalue weighted by Crippen LogP contribution is 2.25. The van der Waals surface area contributed by atoms with E-state index in [1.165, 1.54) is 0 Å². The number of hydrogen-bond acceptors (Lipinski definition) is 4. The van der Waals surface area contributed by atoms with E-state index in [1.807, 2.05) is 38.1 Å². The van der Waals surface area contributed by atoms with Gasteiger partial charge in [-0.15, -0.1) is 0 Å². The summed E-state index contributed by atoms with van der Waals surface area (Å²) in [6.07, 6.45) is 3.45. The molecule has 3 aromatic rings. The van der Waals surface area contributed by atoms with Gasteiger partial charge >= 0.3 is 0 Å². The predicted molar refractivity (Wildman–Crippen MR) is 75.0 cm³/mol. The number of rotatable bonds is 3. The fourth-order valence-electron chi connectivity index (χ4n) is 2.04. The predicted octanol–water partition coefficient (Wildman–Crippen LogP) is 3.70. The molecule has 0 spiro atoms. The number of anilines is 1. The van der Waals surface area contributed by atoms with Gasteiger partial charge in [0.25, 0.3) is 0 Å². The third kappa shape index (κ3) is 2.42. The number of furan rings is 1. The van der Waals surface area contributed by atoms with Crippen molar-refractivity contribution in [1.82, 2.24) is 9.97 Å². The molecular weight excluding hydrogens is 238 g/mol. The van der Waals surface area contributed by atoms with Gasteiger partial charge < -0.3 is 9.73 Å². The molecule has 2 heterocycles. The van der Waals surface area contributed by atoms with E-state index in [4.69, 9.17) is 4.42 Å². The molecule has 0 radical (unpaired) electrons. The number of benzene rings is 1. The maximum absolute atomic E-state index is 5.82. The molecule has 0 amide bonds. The number of hydrogen-bond donors (Lipinski definition) is 1. The number of para-hydroxylation sites is 1. The molecule has 2 aromatic heterocycles. The van der Waals surface area contributed by atoms with Gasteiger partial charge in [-0.1, -0.05) is 18.2 Å². The van der Waals surface area contributed by atoms with Crippen LogP contribution in [-0.2, 0) is 0 Å². The highest BCUT2D eigenvalue weighted by molar-refractivity contribution is 5.77. The van der Waals surface area contributed by atoms with E-state index in [0.29, 0.717) is 0 Å². The quantitative estimate of drug-likeness (QED) is 0.773. The van der Waals surface area contributed by atoms with Gasteiger partial charge in [0.15, 0.2) is 0 Å². The molecule has 4 heteroatoms. The van der Waals surface area contributed by atoms with Crippen molar-refractivity contribution in [3.63, 3.8) is 0 Å². The van der Waals surface area contributed by atoms with Crippen molar-refractivity contribution in [2.75, 3.05) is 5.32 Å². The Labute approximate surface area is 111 Å². The van der Waals surface area contributed by atoms with E-state index < -0.39 is 0 Å². The number of nitrogens with one attached hydrogen (secondary N) is 1. The lowest BCUT2D eigenvalue weighted by molar-refractivity contribution is 0.525. The summed E-state index contributed by atoms with van der Waals surface area (Å²) in [6, 6.07) is 10.1. The molecule has 0 aliphatic rings. The molecule has 4 nitrogen and oxygen atoms in total. The topological polar surface area (TPSA) is 51.0 Å². The first kappa shape index (κ1) is 11.7. The Morgan fingerprint density at radius 2 is 2.05 bits per heavy atom. The average Bonchev–Trinajstić information content (AvgIpc) is 2.82. The van der Waals surface area contributed by atoms with Crippen LogP contribution in [0.4, 0.5) is 5.82 Å². The Morgan fingerprint density at radius 1 is 1.21 bits per heavy atom. The second-order valence-electron chi connectivity index (χ2n) is 4.60. The first-order chi connectivity index (χ1) is 9.22. The van der Waals surface area contributed by atoms with Crippen molar-refractivity contribution in [2.24, 2.45) is 0 Å². The van der Waals surface area contributed by atoms with Crippen molar-refractivity contribution in [1.29, 1.82) is 0 Å². The summed E-state index contributed by atoms with van der Waals surface area (Å²) in [4.78, 5) is 8.50. The lowest BCUT2D eigenvalue weighted by atomic mass is 10.2. The Bertz CT molecular complexity index is 672. The molecule has 3 rings (SSSR count). The van der Waals surface area contributed by atoms with Gasteiger partial charge in [-0.25, -0.2) is 4.98 Å². The molecule has 0 saturated heterocycles. The van der Waals surface area contributed by atoms with Crippen LogP contribution >= 0.6 is 0 Å². The molecule has 1 atom stereocenters. The maximum atomic E-state index is 5.82. The van der Waals surface area contributed by atoms with E-state index in [-0.39, 0.29) is 6.04 Å². The molecule has 96 valence electrons. The monoisotopic (exact) mass is 253 g/mol. The van der Waals surface area contributed by atoms with Crippen LogP contribution in [0.2, 0.25) is 0 Å². The van der Waals surface area contributed by atoms with Crippen molar-refractivity contribution in [3.05, 3.63) is 54.2 Å². The second-order valence-corrected chi connectivity index (χ2v) is 4.60. The van der Waals surface area contributed by atoms with E-state index in [9.17, 15) is 0 Å². The fraction of sp³-hybridized carbons (Fsp3) is 0.200. The maximum Gasteiger partial charge on any atom is 0.145 e. The van der Waals surface area contributed by atoms with E-state index in [1.54, 1.807) is 12.4 Å². The molecule has 0 saturated carbocycles. The third-order valence-electron chi connectivity index (χ3n) is 2.99. The van der Waals surface area contributed by atoms with Gasteiger partial charge in [0, 0.05) is 11.6 Å². The Morgan fingerprint density at radius 3 is 2.84 bits per heavy atom. The van der Waals surface area contributed by atoms with Crippen LogP contribution in [0.5, 0.6) is 0 Å². The molecule has 0 bridgehead atoms. The van der Waals surface area contributed by atoms with Gasteiger partial charge in [0.2, 0.25) is 0 Å². The van der Waals surface area contributed by atoms with Crippen LogP contribution in [0.1, 0.15) is 24.4 Å². The van der Waals surface area contributed by atoms with E-state index >= 15 is 0 Å². The highest BCUT2D eigenvalue weighted by atomic mass is 16.3. The lowest BCUT2D eigenvalue weighted by Crippen LogP contribution is -2.07. The summed E-state index contributed by atoms with van der Waals surface area (Å²) < 4.78 is 5.82. The SMILES string of the molecule is Cc1cncc(N[C@H](C)c2cc3ccccc3o2)n1. The summed E-state index contributed by atoms with van der Waals surface area (Å²) in [6.45, 7) is 3.96.